The zero-order chi connectivity index (χ0) is 16.4. The molecule has 0 heterocycles. The van der Waals surface area contributed by atoms with E-state index in [0.29, 0.717) is 0 Å². The van der Waals surface area contributed by atoms with Crippen LogP contribution in [-0.4, -0.2) is 5.78 Å². The quantitative estimate of drug-likeness (QED) is 0.612. The molecule has 0 fully saturated rings. The van der Waals surface area contributed by atoms with Crippen molar-refractivity contribution in [3.8, 4) is 0 Å². The van der Waals surface area contributed by atoms with E-state index in [4.69, 9.17) is 0 Å². The molecule has 0 aromatic heterocycles. The van der Waals surface area contributed by atoms with Crippen molar-refractivity contribution in [1.82, 2.24) is 0 Å². The maximum Gasteiger partial charge on any atom is 0.195 e. The summed E-state index contributed by atoms with van der Waals surface area (Å²) >= 11 is 1.75. The van der Waals surface area contributed by atoms with Crippen molar-refractivity contribution in [2.75, 3.05) is 0 Å². The van der Waals surface area contributed by atoms with Gasteiger partial charge in [-0.15, -0.1) is 11.8 Å². The van der Waals surface area contributed by atoms with E-state index in [1.165, 1.54) is 5.56 Å². The molecule has 0 atom stereocenters. The van der Waals surface area contributed by atoms with Gasteiger partial charge >= 0.3 is 0 Å². The highest BCUT2D eigenvalue weighted by Crippen LogP contribution is 2.45. The number of hydrogen-bond acceptors (Lipinski definition) is 2. The first-order chi connectivity index (χ1) is 11.8. The molecule has 0 spiro atoms. The number of rotatable bonds is 4. The van der Waals surface area contributed by atoms with Crippen molar-refractivity contribution < 1.29 is 4.79 Å². The minimum Gasteiger partial charge on any atom is -0.289 e. The highest BCUT2D eigenvalue weighted by Gasteiger charge is 2.30. The molecule has 3 aromatic rings. The van der Waals surface area contributed by atoms with Gasteiger partial charge in [0.05, 0.1) is 0 Å². The van der Waals surface area contributed by atoms with E-state index < -0.39 is 0 Å². The lowest BCUT2D eigenvalue weighted by Crippen LogP contribution is -1.97. The predicted molar refractivity (Wildman–Crippen MR) is 102 cm³/mol. The minimum atomic E-state index is 0.132. The predicted octanol–water partition coefficient (Wildman–Crippen LogP) is 5.68. The van der Waals surface area contributed by atoms with Gasteiger partial charge in [-0.25, -0.2) is 0 Å². The van der Waals surface area contributed by atoms with Crippen LogP contribution in [-0.2, 0) is 5.75 Å². The molecule has 0 amide bonds. The summed E-state index contributed by atoms with van der Waals surface area (Å²) in [6, 6.07) is 28.3. The Labute approximate surface area is 146 Å². The fourth-order valence-electron chi connectivity index (χ4n) is 3.00. The molecule has 1 aliphatic rings. The van der Waals surface area contributed by atoms with Crippen LogP contribution in [0.2, 0.25) is 0 Å². The van der Waals surface area contributed by atoms with E-state index in [0.717, 1.165) is 32.9 Å². The fraction of sp³-hybridized carbons (Fsp3) is 0.0455. The maximum atomic E-state index is 12.9. The number of carbonyl (C=O) groups is 1. The van der Waals surface area contributed by atoms with E-state index in [9.17, 15) is 4.79 Å². The molecule has 0 saturated heterocycles. The lowest BCUT2D eigenvalue weighted by Gasteiger charge is -2.08. The molecule has 0 N–H and O–H groups in total. The van der Waals surface area contributed by atoms with Gasteiger partial charge in [0, 0.05) is 21.8 Å². The summed E-state index contributed by atoms with van der Waals surface area (Å²) in [6.07, 6.45) is 0. The Morgan fingerprint density at radius 3 is 1.96 bits per heavy atom. The van der Waals surface area contributed by atoms with Crippen molar-refractivity contribution in [2.24, 2.45) is 0 Å². The first-order valence-corrected chi connectivity index (χ1v) is 8.93. The number of ketones is 1. The Hall–Kier alpha value is -2.58. The Balaban J connectivity index is 1.77. The van der Waals surface area contributed by atoms with Gasteiger partial charge in [0.2, 0.25) is 0 Å². The van der Waals surface area contributed by atoms with Gasteiger partial charge < -0.3 is 0 Å². The van der Waals surface area contributed by atoms with E-state index in [1.54, 1.807) is 11.8 Å². The van der Waals surface area contributed by atoms with Crippen LogP contribution < -0.4 is 0 Å². The second-order valence-electron chi connectivity index (χ2n) is 5.72. The lowest BCUT2D eigenvalue weighted by atomic mass is 10.0. The minimum absolute atomic E-state index is 0.132. The fourth-order valence-corrected chi connectivity index (χ4v) is 4.19. The zero-order valence-electron chi connectivity index (χ0n) is 13.1. The van der Waals surface area contributed by atoms with Gasteiger partial charge in [-0.1, -0.05) is 84.9 Å². The van der Waals surface area contributed by atoms with Gasteiger partial charge in [-0.2, -0.15) is 0 Å². The molecular weight excluding hydrogens is 312 g/mol. The van der Waals surface area contributed by atoms with E-state index in [-0.39, 0.29) is 5.78 Å². The molecule has 2 heteroatoms. The molecule has 1 aliphatic carbocycles. The van der Waals surface area contributed by atoms with E-state index in [2.05, 4.69) is 30.3 Å². The van der Waals surface area contributed by atoms with E-state index >= 15 is 0 Å². The maximum absolute atomic E-state index is 12.9. The van der Waals surface area contributed by atoms with Crippen LogP contribution >= 0.6 is 11.8 Å². The Morgan fingerprint density at radius 1 is 0.667 bits per heavy atom. The van der Waals surface area contributed by atoms with Crippen LogP contribution in [0.4, 0.5) is 0 Å². The summed E-state index contributed by atoms with van der Waals surface area (Å²) in [5, 5.41) is 0. The summed E-state index contributed by atoms with van der Waals surface area (Å²) in [4.78, 5) is 14.0. The molecular formula is C22H16OS. The Kier molecular flexibility index (Phi) is 4.06. The third-order valence-electron chi connectivity index (χ3n) is 4.16. The number of Topliss-reactive ketones (excluding diaryl/α,β-unsaturated/α-hetero) is 1. The molecule has 0 radical (unpaired) electrons. The number of hydrogen-bond donors (Lipinski definition) is 0. The first kappa shape index (κ1) is 15.0. The molecule has 0 aliphatic heterocycles. The molecule has 4 rings (SSSR count). The third-order valence-corrected chi connectivity index (χ3v) is 5.35. The number of benzene rings is 3. The Bertz CT molecular complexity index is 911. The van der Waals surface area contributed by atoms with Crippen LogP contribution in [0.3, 0.4) is 0 Å². The number of carbonyl (C=O) groups excluding carboxylic acids is 1. The van der Waals surface area contributed by atoms with Crippen LogP contribution in [0.5, 0.6) is 0 Å². The van der Waals surface area contributed by atoms with Crippen molar-refractivity contribution >= 4 is 28.0 Å². The van der Waals surface area contributed by atoms with E-state index in [1.807, 2.05) is 54.6 Å². The molecule has 0 saturated carbocycles. The molecule has 0 unspecified atom stereocenters. The summed E-state index contributed by atoms with van der Waals surface area (Å²) < 4.78 is 0. The normalized spacial score (nSPS) is 13.2. The van der Waals surface area contributed by atoms with Crippen molar-refractivity contribution in [1.29, 1.82) is 0 Å². The third kappa shape index (κ3) is 2.70. The zero-order valence-corrected chi connectivity index (χ0v) is 13.9. The van der Waals surface area contributed by atoms with Gasteiger partial charge in [0.25, 0.3) is 0 Å². The number of thioether (sulfide) groups is 1. The van der Waals surface area contributed by atoms with Crippen LogP contribution in [0.1, 0.15) is 27.0 Å². The van der Waals surface area contributed by atoms with Crippen molar-refractivity contribution in [3.05, 3.63) is 107 Å². The SMILES string of the molecule is O=C1C(c2ccccc2)=C(SCc2ccccc2)c2ccccc21. The summed E-state index contributed by atoms with van der Waals surface area (Å²) in [5.41, 5.74) is 4.96. The van der Waals surface area contributed by atoms with Crippen LogP contribution in [0.25, 0.3) is 10.5 Å². The summed E-state index contributed by atoms with van der Waals surface area (Å²) in [7, 11) is 0. The Morgan fingerprint density at radius 2 is 1.25 bits per heavy atom. The largest absolute Gasteiger partial charge is 0.289 e. The highest BCUT2D eigenvalue weighted by molar-refractivity contribution is 8.08. The summed E-state index contributed by atoms with van der Waals surface area (Å²) in [5.74, 6) is 0.987. The number of fused-ring (bicyclic) bond motifs is 1. The first-order valence-electron chi connectivity index (χ1n) is 7.95. The van der Waals surface area contributed by atoms with Gasteiger partial charge in [0.1, 0.15) is 0 Å². The van der Waals surface area contributed by atoms with Crippen molar-refractivity contribution in [2.45, 2.75) is 5.75 Å². The second-order valence-corrected chi connectivity index (χ2v) is 6.70. The highest BCUT2D eigenvalue weighted by atomic mass is 32.2. The molecule has 116 valence electrons. The topological polar surface area (TPSA) is 17.1 Å². The standard InChI is InChI=1S/C22H16OS/c23-21-18-13-7-8-14-19(18)22(20(21)17-11-5-2-6-12-17)24-15-16-9-3-1-4-10-16/h1-14H,15H2. The van der Waals surface area contributed by atoms with Crippen LogP contribution in [0.15, 0.2) is 84.9 Å². The molecule has 0 bridgehead atoms. The average molecular weight is 328 g/mol. The summed E-state index contributed by atoms with van der Waals surface area (Å²) in [6.45, 7) is 0. The smallest absolute Gasteiger partial charge is 0.195 e. The lowest BCUT2D eigenvalue weighted by molar-refractivity contribution is 0.105. The van der Waals surface area contributed by atoms with Gasteiger partial charge in [-0.05, 0) is 16.7 Å². The molecule has 3 aromatic carbocycles. The molecule has 1 nitrogen and oxygen atoms in total. The molecule has 24 heavy (non-hydrogen) atoms. The monoisotopic (exact) mass is 328 g/mol. The van der Waals surface area contributed by atoms with Crippen LogP contribution in [0, 0.1) is 0 Å². The van der Waals surface area contributed by atoms with Gasteiger partial charge in [0.15, 0.2) is 5.78 Å². The second kappa shape index (κ2) is 6.50. The number of allylic oxidation sites excluding steroid dienone is 1. The van der Waals surface area contributed by atoms with Crippen molar-refractivity contribution in [3.63, 3.8) is 0 Å². The van der Waals surface area contributed by atoms with Gasteiger partial charge in [-0.3, -0.25) is 4.79 Å². The average Bonchev–Trinajstić information content (AvgIpc) is 2.94.